The number of aromatic nitrogens is 1. The molecule has 2 aromatic heterocycles. The van der Waals surface area contributed by atoms with Crippen LogP contribution in [-0.4, -0.2) is 35.3 Å². The van der Waals surface area contributed by atoms with Crippen LogP contribution in [0.3, 0.4) is 0 Å². The summed E-state index contributed by atoms with van der Waals surface area (Å²) in [5.41, 5.74) is 2.99. The summed E-state index contributed by atoms with van der Waals surface area (Å²) in [5, 5.41) is 9.46. The smallest absolute Gasteiger partial charge is 0.147 e. The van der Waals surface area contributed by atoms with E-state index in [0.29, 0.717) is 23.9 Å². The van der Waals surface area contributed by atoms with Crippen molar-refractivity contribution in [1.29, 1.82) is 5.41 Å². The molecule has 130 valence electrons. The van der Waals surface area contributed by atoms with E-state index in [1.807, 2.05) is 12.1 Å². The summed E-state index contributed by atoms with van der Waals surface area (Å²) in [4.78, 5) is 2.43. The van der Waals surface area contributed by atoms with E-state index in [1.165, 1.54) is 43.3 Å². The van der Waals surface area contributed by atoms with Gasteiger partial charge >= 0.3 is 0 Å². The quantitative estimate of drug-likeness (QED) is 0.713. The zero-order valence-corrected chi connectivity index (χ0v) is 14.7. The van der Waals surface area contributed by atoms with Gasteiger partial charge in [0.1, 0.15) is 5.76 Å². The van der Waals surface area contributed by atoms with Crippen LogP contribution in [0.4, 0.5) is 0 Å². The van der Waals surface area contributed by atoms with Gasteiger partial charge in [-0.1, -0.05) is 6.07 Å². The molecule has 4 nitrogen and oxygen atoms in total. The van der Waals surface area contributed by atoms with Crippen LogP contribution in [0, 0.1) is 5.41 Å². The van der Waals surface area contributed by atoms with Crippen LogP contribution in [0.5, 0.6) is 0 Å². The lowest BCUT2D eigenvalue weighted by molar-refractivity contribution is 0.342. The molecule has 25 heavy (non-hydrogen) atoms. The molecule has 1 fully saturated rings. The second kappa shape index (κ2) is 6.89. The fourth-order valence-corrected chi connectivity index (χ4v) is 3.88. The van der Waals surface area contributed by atoms with Gasteiger partial charge in [0, 0.05) is 24.2 Å². The van der Waals surface area contributed by atoms with E-state index < -0.39 is 0 Å². The molecule has 3 aromatic rings. The third-order valence-corrected chi connectivity index (χ3v) is 5.30. The summed E-state index contributed by atoms with van der Waals surface area (Å²) in [6.07, 6.45) is 8.19. The summed E-state index contributed by atoms with van der Waals surface area (Å²) < 4.78 is 7.78. The molecular weight excluding hydrogens is 310 g/mol. The van der Waals surface area contributed by atoms with E-state index in [4.69, 9.17) is 9.83 Å². The maximum Gasteiger partial charge on any atom is 0.147 e. The number of likely N-dealkylation sites (tertiary alicyclic amines) is 1. The van der Waals surface area contributed by atoms with Crippen molar-refractivity contribution < 1.29 is 4.42 Å². The largest absolute Gasteiger partial charge is 0.463 e. The predicted molar refractivity (Wildman–Crippen MR) is 102 cm³/mol. The molecule has 4 heteroatoms. The molecule has 0 spiro atoms. The molecule has 1 atom stereocenters. The minimum absolute atomic E-state index is 0.524. The number of furan rings is 1. The molecule has 0 radical (unpaired) electrons. The van der Waals surface area contributed by atoms with Crippen LogP contribution in [0.25, 0.3) is 10.9 Å². The van der Waals surface area contributed by atoms with Gasteiger partial charge in [0.2, 0.25) is 0 Å². The van der Waals surface area contributed by atoms with Crippen LogP contribution in [-0.2, 0) is 6.42 Å². The van der Waals surface area contributed by atoms with Gasteiger partial charge in [0.15, 0.2) is 0 Å². The Kier molecular flexibility index (Phi) is 4.45. The minimum atomic E-state index is 0.524. The number of hydrogen-bond donors (Lipinski definition) is 1. The average Bonchev–Trinajstić information content (AvgIpc) is 3.23. The summed E-state index contributed by atoms with van der Waals surface area (Å²) in [6, 6.07) is 13.1. The molecule has 1 N–H and O–H groups in total. The molecule has 1 aromatic carbocycles. The van der Waals surface area contributed by atoms with Crippen molar-refractivity contribution in [3.05, 3.63) is 60.2 Å². The van der Waals surface area contributed by atoms with Crippen molar-refractivity contribution in [2.45, 2.75) is 31.7 Å². The van der Waals surface area contributed by atoms with Crippen molar-refractivity contribution in [2.24, 2.45) is 0 Å². The third-order valence-electron chi connectivity index (χ3n) is 5.30. The van der Waals surface area contributed by atoms with E-state index in [1.54, 1.807) is 6.26 Å². The van der Waals surface area contributed by atoms with Crippen molar-refractivity contribution in [2.75, 3.05) is 20.1 Å². The zero-order valence-electron chi connectivity index (χ0n) is 14.7. The molecule has 3 heterocycles. The first-order valence-electron chi connectivity index (χ1n) is 9.10. The Morgan fingerprint density at radius 2 is 2.12 bits per heavy atom. The molecule has 1 saturated heterocycles. The topological polar surface area (TPSA) is 45.2 Å². The van der Waals surface area contributed by atoms with E-state index in [0.717, 1.165) is 5.56 Å². The second-order valence-electron chi connectivity index (χ2n) is 7.14. The van der Waals surface area contributed by atoms with Gasteiger partial charge in [-0.2, -0.15) is 0 Å². The summed E-state index contributed by atoms with van der Waals surface area (Å²) in [5.74, 6) is 0.653. The highest BCUT2D eigenvalue weighted by Gasteiger charge is 2.17. The fourth-order valence-electron chi connectivity index (χ4n) is 3.88. The lowest BCUT2D eigenvalue weighted by Gasteiger charge is -2.18. The third kappa shape index (κ3) is 3.40. The number of benzene rings is 1. The monoisotopic (exact) mass is 335 g/mol. The van der Waals surface area contributed by atoms with Gasteiger partial charge in [0.05, 0.1) is 12.0 Å². The number of nitrogens with zero attached hydrogens (tertiary/aromatic N) is 2. The highest BCUT2D eigenvalue weighted by molar-refractivity contribution is 5.97. The zero-order chi connectivity index (χ0) is 17.2. The number of hydrogen-bond acceptors (Lipinski definition) is 3. The molecule has 1 unspecified atom stereocenters. The number of rotatable bonds is 4. The van der Waals surface area contributed by atoms with Crippen LogP contribution < -0.4 is 0 Å². The Bertz CT molecular complexity index is 863. The molecular formula is C21H25N3O. The van der Waals surface area contributed by atoms with Crippen LogP contribution >= 0.6 is 0 Å². The van der Waals surface area contributed by atoms with Crippen LogP contribution in [0.2, 0.25) is 0 Å². The average molecular weight is 335 g/mol. The standard InChI is InChI=1S/C21H25N3O/c1-23-10-2-4-18(9-11-23)24-12-8-17-14-16(6-7-20(17)24)15-19(22)21-5-3-13-25-21/h3,5-8,12-14,18,22H,2,4,9-11,15H2,1H3. The Morgan fingerprint density at radius 3 is 2.96 bits per heavy atom. The highest BCUT2D eigenvalue weighted by Crippen LogP contribution is 2.28. The second-order valence-corrected chi connectivity index (χ2v) is 7.14. The van der Waals surface area contributed by atoms with Gasteiger partial charge in [-0.15, -0.1) is 0 Å². The lowest BCUT2D eigenvalue weighted by Crippen LogP contribution is -2.19. The first-order valence-corrected chi connectivity index (χ1v) is 9.10. The molecule has 0 amide bonds. The molecule has 1 aliphatic heterocycles. The van der Waals surface area contributed by atoms with E-state index >= 15 is 0 Å². The SMILES string of the molecule is CN1CCCC(n2ccc3cc(CC(=N)c4ccco4)ccc32)CC1. The van der Waals surface area contributed by atoms with Gasteiger partial charge in [0.25, 0.3) is 0 Å². The normalized spacial score (nSPS) is 19.2. The van der Waals surface area contributed by atoms with Gasteiger partial charge < -0.3 is 19.3 Å². The number of fused-ring (bicyclic) bond motifs is 1. The first-order chi connectivity index (χ1) is 12.2. The van der Waals surface area contributed by atoms with E-state index in [9.17, 15) is 0 Å². The maximum absolute atomic E-state index is 8.20. The Morgan fingerprint density at radius 1 is 1.20 bits per heavy atom. The highest BCUT2D eigenvalue weighted by atomic mass is 16.3. The molecule has 4 rings (SSSR count). The minimum Gasteiger partial charge on any atom is -0.463 e. The fraction of sp³-hybridized carbons (Fsp3) is 0.381. The van der Waals surface area contributed by atoms with E-state index in [2.05, 4.69) is 47.0 Å². The maximum atomic E-state index is 8.20. The lowest BCUT2D eigenvalue weighted by atomic mass is 10.0. The molecule has 0 aliphatic carbocycles. The van der Waals surface area contributed by atoms with Crippen LogP contribution in [0.15, 0.2) is 53.3 Å². The van der Waals surface area contributed by atoms with Crippen LogP contribution in [0.1, 0.15) is 36.6 Å². The molecule has 0 saturated carbocycles. The Hall–Kier alpha value is -2.33. The predicted octanol–water partition coefficient (Wildman–Crippen LogP) is 4.50. The Balaban J connectivity index is 1.55. The first kappa shape index (κ1) is 16.2. The van der Waals surface area contributed by atoms with E-state index in [-0.39, 0.29) is 0 Å². The Labute approximate surface area is 148 Å². The number of nitrogens with one attached hydrogen (secondary N) is 1. The van der Waals surface area contributed by atoms with Gasteiger partial charge in [-0.3, -0.25) is 0 Å². The molecule has 0 bridgehead atoms. The molecule has 1 aliphatic rings. The van der Waals surface area contributed by atoms with Gasteiger partial charge in [-0.25, -0.2) is 0 Å². The summed E-state index contributed by atoms with van der Waals surface area (Å²) in [6.45, 7) is 2.37. The van der Waals surface area contributed by atoms with Crippen molar-refractivity contribution in [1.82, 2.24) is 9.47 Å². The van der Waals surface area contributed by atoms with Crippen molar-refractivity contribution >= 4 is 16.6 Å². The van der Waals surface area contributed by atoms with Crippen molar-refractivity contribution in [3.8, 4) is 0 Å². The summed E-state index contributed by atoms with van der Waals surface area (Å²) in [7, 11) is 2.22. The van der Waals surface area contributed by atoms with Gasteiger partial charge in [-0.05, 0) is 80.7 Å². The van der Waals surface area contributed by atoms with Crippen molar-refractivity contribution in [3.63, 3.8) is 0 Å². The summed E-state index contributed by atoms with van der Waals surface area (Å²) >= 11 is 0.